The van der Waals surface area contributed by atoms with Crippen LogP contribution in [0.4, 0.5) is 5.69 Å². The number of hydrogen-bond acceptors (Lipinski definition) is 3. The first-order chi connectivity index (χ1) is 11.5. The van der Waals surface area contributed by atoms with Gasteiger partial charge in [-0.1, -0.05) is 23.2 Å². The summed E-state index contributed by atoms with van der Waals surface area (Å²) in [7, 11) is 0. The quantitative estimate of drug-likeness (QED) is 0.626. The van der Waals surface area contributed by atoms with Crippen LogP contribution in [0.2, 0.25) is 10.0 Å². The molecule has 0 heterocycles. The fourth-order valence-electron chi connectivity index (χ4n) is 2.02. The van der Waals surface area contributed by atoms with E-state index in [1.807, 2.05) is 13.8 Å². The number of halogens is 3. The Labute approximate surface area is 159 Å². The van der Waals surface area contributed by atoms with Gasteiger partial charge in [-0.05, 0) is 60.1 Å². The lowest BCUT2D eigenvalue weighted by atomic mass is 10.1. The van der Waals surface area contributed by atoms with Crippen LogP contribution in [0.3, 0.4) is 0 Å². The Hall–Kier alpha value is -1.43. The van der Waals surface area contributed by atoms with Crippen LogP contribution >= 0.6 is 39.1 Å². The summed E-state index contributed by atoms with van der Waals surface area (Å²) < 4.78 is 11.8. The second-order valence-electron chi connectivity index (χ2n) is 4.73. The number of amides is 1. The molecule has 0 radical (unpaired) electrons. The molecular formula is C17H16BrCl2NO3. The van der Waals surface area contributed by atoms with Gasteiger partial charge in [-0.25, -0.2) is 0 Å². The Morgan fingerprint density at radius 3 is 2.42 bits per heavy atom. The lowest BCUT2D eigenvalue weighted by Crippen LogP contribution is -2.12. The van der Waals surface area contributed by atoms with Gasteiger partial charge in [-0.2, -0.15) is 0 Å². The van der Waals surface area contributed by atoms with Crippen LogP contribution in [0.15, 0.2) is 34.8 Å². The fraction of sp³-hybridized carbons (Fsp3) is 0.235. The third kappa shape index (κ3) is 4.56. The molecule has 0 aliphatic heterocycles. The molecule has 2 aromatic rings. The van der Waals surface area contributed by atoms with Gasteiger partial charge in [0.15, 0.2) is 11.5 Å². The Bertz CT molecular complexity index is 753. The SMILES string of the molecule is CCOc1cc(C(=O)Nc2ccc(Cl)c(Cl)c2)cc(Br)c1OCC. The molecular weight excluding hydrogens is 417 g/mol. The van der Waals surface area contributed by atoms with E-state index >= 15 is 0 Å². The summed E-state index contributed by atoms with van der Waals surface area (Å²) in [6, 6.07) is 8.22. The zero-order valence-electron chi connectivity index (χ0n) is 13.2. The normalized spacial score (nSPS) is 10.4. The van der Waals surface area contributed by atoms with Gasteiger partial charge in [-0.15, -0.1) is 0 Å². The van der Waals surface area contributed by atoms with Crippen molar-refractivity contribution >= 4 is 50.7 Å². The molecule has 2 rings (SSSR count). The predicted octanol–water partition coefficient (Wildman–Crippen LogP) is 5.81. The molecule has 0 saturated carbocycles. The van der Waals surface area contributed by atoms with Gasteiger partial charge in [-0.3, -0.25) is 4.79 Å². The third-order valence-electron chi connectivity index (χ3n) is 3.04. The maximum Gasteiger partial charge on any atom is 0.255 e. The van der Waals surface area contributed by atoms with Crippen molar-refractivity contribution in [2.75, 3.05) is 18.5 Å². The Balaban J connectivity index is 2.29. The van der Waals surface area contributed by atoms with E-state index in [9.17, 15) is 4.79 Å². The summed E-state index contributed by atoms with van der Waals surface area (Å²) in [5.74, 6) is 0.788. The highest BCUT2D eigenvalue weighted by Gasteiger charge is 2.16. The van der Waals surface area contributed by atoms with E-state index < -0.39 is 0 Å². The number of anilines is 1. The summed E-state index contributed by atoms with van der Waals surface area (Å²) in [4.78, 5) is 12.5. The van der Waals surface area contributed by atoms with Gasteiger partial charge >= 0.3 is 0 Å². The highest BCUT2D eigenvalue weighted by atomic mass is 79.9. The molecule has 0 aliphatic rings. The first-order valence-electron chi connectivity index (χ1n) is 7.31. The summed E-state index contributed by atoms with van der Waals surface area (Å²) in [5, 5.41) is 3.58. The van der Waals surface area contributed by atoms with E-state index in [1.165, 1.54) is 0 Å². The molecule has 1 N–H and O–H groups in total. The van der Waals surface area contributed by atoms with E-state index in [-0.39, 0.29) is 5.91 Å². The van der Waals surface area contributed by atoms with Crippen LogP contribution in [-0.2, 0) is 0 Å². The number of carbonyl (C=O) groups is 1. The first-order valence-corrected chi connectivity index (χ1v) is 8.86. The zero-order chi connectivity index (χ0) is 17.7. The third-order valence-corrected chi connectivity index (χ3v) is 4.37. The number of ether oxygens (including phenoxy) is 2. The van der Waals surface area contributed by atoms with E-state index in [4.69, 9.17) is 32.7 Å². The molecule has 4 nitrogen and oxygen atoms in total. The molecule has 0 unspecified atom stereocenters. The second-order valence-corrected chi connectivity index (χ2v) is 6.40. The average molecular weight is 433 g/mol. The van der Waals surface area contributed by atoms with Gasteiger partial charge in [0, 0.05) is 11.3 Å². The van der Waals surface area contributed by atoms with Crippen LogP contribution in [0.25, 0.3) is 0 Å². The van der Waals surface area contributed by atoms with Crippen molar-refractivity contribution in [2.24, 2.45) is 0 Å². The highest BCUT2D eigenvalue weighted by molar-refractivity contribution is 9.10. The summed E-state index contributed by atoms with van der Waals surface area (Å²) >= 11 is 15.3. The second kappa shape index (κ2) is 8.60. The first kappa shape index (κ1) is 18.9. The Morgan fingerprint density at radius 2 is 1.79 bits per heavy atom. The van der Waals surface area contributed by atoms with E-state index in [0.29, 0.717) is 50.5 Å². The number of benzene rings is 2. The van der Waals surface area contributed by atoms with Crippen molar-refractivity contribution in [1.82, 2.24) is 0 Å². The standard InChI is InChI=1S/C17H16BrCl2NO3/c1-3-23-15-8-10(7-12(18)16(15)24-4-2)17(22)21-11-5-6-13(19)14(20)9-11/h5-9H,3-4H2,1-2H3,(H,21,22). The monoisotopic (exact) mass is 431 g/mol. The predicted molar refractivity (Wildman–Crippen MR) is 101 cm³/mol. The number of carbonyl (C=O) groups excluding carboxylic acids is 1. The molecule has 0 atom stereocenters. The molecule has 0 aliphatic carbocycles. The van der Waals surface area contributed by atoms with E-state index in [2.05, 4.69) is 21.2 Å². The molecule has 24 heavy (non-hydrogen) atoms. The summed E-state index contributed by atoms with van der Waals surface area (Å²) in [5.41, 5.74) is 0.984. The fourth-order valence-corrected chi connectivity index (χ4v) is 2.88. The maximum atomic E-state index is 12.5. The zero-order valence-corrected chi connectivity index (χ0v) is 16.3. The van der Waals surface area contributed by atoms with E-state index in [1.54, 1.807) is 30.3 Å². The van der Waals surface area contributed by atoms with Gasteiger partial charge in [0.1, 0.15) is 0 Å². The topological polar surface area (TPSA) is 47.6 Å². The van der Waals surface area contributed by atoms with Crippen LogP contribution in [-0.4, -0.2) is 19.1 Å². The molecule has 0 spiro atoms. The number of rotatable bonds is 6. The maximum absolute atomic E-state index is 12.5. The Kier molecular flexibility index (Phi) is 6.78. The molecule has 0 saturated heterocycles. The highest BCUT2D eigenvalue weighted by Crippen LogP contribution is 2.37. The molecule has 128 valence electrons. The molecule has 0 aromatic heterocycles. The largest absolute Gasteiger partial charge is 0.490 e. The number of nitrogens with one attached hydrogen (secondary N) is 1. The molecule has 0 fully saturated rings. The van der Waals surface area contributed by atoms with Crippen molar-refractivity contribution in [1.29, 1.82) is 0 Å². The summed E-state index contributed by atoms with van der Waals surface area (Å²) in [6.45, 7) is 4.71. The van der Waals surface area contributed by atoms with Crippen LogP contribution < -0.4 is 14.8 Å². The van der Waals surface area contributed by atoms with Gasteiger partial charge in [0.05, 0.1) is 27.7 Å². The lowest BCUT2D eigenvalue weighted by Gasteiger charge is -2.14. The van der Waals surface area contributed by atoms with Gasteiger partial charge in [0.25, 0.3) is 5.91 Å². The van der Waals surface area contributed by atoms with E-state index in [0.717, 1.165) is 0 Å². The van der Waals surface area contributed by atoms with Crippen LogP contribution in [0.1, 0.15) is 24.2 Å². The molecule has 1 amide bonds. The van der Waals surface area contributed by atoms with Crippen molar-refractivity contribution in [3.05, 3.63) is 50.4 Å². The van der Waals surface area contributed by atoms with Crippen molar-refractivity contribution in [3.63, 3.8) is 0 Å². The van der Waals surface area contributed by atoms with Crippen molar-refractivity contribution in [2.45, 2.75) is 13.8 Å². The molecule has 0 bridgehead atoms. The van der Waals surface area contributed by atoms with Crippen LogP contribution in [0.5, 0.6) is 11.5 Å². The minimum atomic E-state index is -0.293. The number of hydrogen-bond donors (Lipinski definition) is 1. The smallest absolute Gasteiger partial charge is 0.255 e. The van der Waals surface area contributed by atoms with Gasteiger partial charge in [0.2, 0.25) is 0 Å². The lowest BCUT2D eigenvalue weighted by molar-refractivity contribution is 0.102. The molecule has 7 heteroatoms. The Morgan fingerprint density at radius 1 is 1.08 bits per heavy atom. The van der Waals surface area contributed by atoms with Crippen molar-refractivity contribution in [3.8, 4) is 11.5 Å². The van der Waals surface area contributed by atoms with Crippen molar-refractivity contribution < 1.29 is 14.3 Å². The van der Waals surface area contributed by atoms with Crippen LogP contribution in [0, 0.1) is 0 Å². The minimum absolute atomic E-state index is 0.293. The minimum Gasteiger partial charge on any atom is -0.490 e. The molecule has 2 aromatic carbocycles. The van der Waals surface area contributed by atoms with Gasteiger partial charge < -0.3 is 14.8 Å². The average Bonchev–Trinajstić information content (AvgIpc) is 2.54. The summed E-state index contributed by atoms with van der Waals surface area (Å²) in [6.07, 6.45) is 0.